The molecule has 1 N–H and O–H groups in total. The number of hydrogen-bond acceptors (Lipinski definition) is 7. The molecule has 0 saturated heterocycles. The number of thioether (sulfide) groups is 1. The molecule has 0 aliphatic carbocycles. The molecule has 1 amide bonds. The number of aryl methyl sites for hydroxylation is 1. The maximum atomic E-state index is 12.7. The molecule has 0 unspecified atom stereocenters. The monoisotopic (exact) mass is 417 g/mol. The summed E-state index contributed by atoms with van der Waals surface area (Å²) in [5, 5.41) is 6.65. The molecule has 9 heteroatoms. The second-order valence-corrected chi connectivity index (χ2v) is 9.19. The average Bonchev–Trinajstić information content (AvgIpc) is 3.12. The molecule has 0 fully saturated rings. The van der Waals surface area contributed by atoms with Crippen LogP contribution in [0.5, 0.6) is 0 Å². The number of anilines is 1. The molecule has 0 saturated carbocycles. The Morgan fingerprint density at radius 1 is 1.14 bits per heavy atom. The Bertz CT molecular complexity index is 1080. The van der Waals surface area contributed by atoms with E-state index in [1.54, 1.807) is 38.1 Å². The van der Waals surface area contributed by atoms with E-state index in [0.717, 1.165) is 4.90 Å². The molecule has 146 valence electrons. The molecule has 1 heterocycles. The molecule has 0 aliphatic rings. The molecule has 0 radical (unpaired) electrons. The van der Waals surface area contributed by atoms with Crippen LogP contribution in [0.2, 0.25) is 0 Å². The highest BCUT2D eigenvalue weighted by atomic mass is 32.2. The average molecular weight is 418 g/mol. The van der Waals surface area contributed by atoms with Gasteiger partial charge in [-0.3, -0.25) is 4.79 Å². The maximum absolute atomic E-state index is 12.7. The van der Waals surface area contributed by atoms with Crippen LogP contribution >= 0.6 is 11.8 Å². The SMILES string of the molecule is CCS(=O)(=O)c1ccc(NC(=O)c2ccccc2SCc2noc(C)n2)cc1. The van der Waals surface area contributed by atoms with Crippen molar-refractivity contribution in [1.82, 2.24) is 10.1 Å². The molecule has 28 heavy (non-hydrogen) atoms. The summed E-state index contributed by atoms with van der Waals surface area (Å²) in [7, 11) is -3.27. The minimum absolute atomic E-state index is 0.0310. The van der Waals surface area contributed by atoms with Crippen LogP contribution in [0.25, 0.3) is 0 Å². The smallest absolute Gasteiger partial charge is 0.256 e. The lowest BCUT2D eigenvalue weighted by Crippen LogP contribution is -2.13. The highest BCUT2D eigenvalue weighted by Gasteiger charge is 2.14. The number of nitrogens with zero attached hydrogens (tertiary/aromatic N) is 2. The van der Waals surface area contributed by atoms with Gasteiger partial charge in [0.15, 0.2) is 15.7 Å². The third-order valence-electron chi connectivity index (χ3n) is 3.91. The second-order valence-electron chi connectivity index (χ2n) is 5.90. The summed E-state index contributed by atoms with van der Waals surface area (Å²) in [5.74, 6) is 1.29. The largest absolute Gasteiger partial charge is 0.340 e. The van der Waals surface area contributed by atoms with E-state index in [0.29, 0.717) is 28.7 Å². The van der Waals surface area contributed by atoms with E-state index in [1.165, 1.54) is 23.9 Å². The van der Waals surface area contributed by atoms with E-state index < -0.39 is 9.84 Å². The van der Waals surface area contributed by atoms with Crippen molar-refractivity contribution in [2.24, 2.45) is 0 Å². The van der Waals surface area contributed by atoms with Crippen molar-refractivity contribution in [3.05, 3.63) is 65.8 Å². The predicted molar refractivity (Wildman–Crippen MR) is 107 cm³/mol. The number of amides is 1. The van der Waals surface area contributed by atoms with E-state index in [4.69, 9.17) is 4.52 Å². The molecule has 2 aromatic carbocycles. The number of aromatic nitrogens is 2. The maximum Gasteiger partial charge on any atom is 0.256 e. The predicted octanol–water partition coefficient (Wildman–Crippen LogP) is 3.72. The summed E-state index contributed by atoms with van der Waals surface area (Å²) < 4.78 is 28.7. The molecular formula is C19H19N3O4S2. The van der Waals surface area contributed by atoms with Crippen molar-refractivity contribution in [2.75, 3.05) is 11.1 Å². The number of carbonyl (C=O) groups excluding carboxylic acids is 1. The minimum Gasteiger partial charge on any atom is -0.340 e. The molecule has 3 rings (SSSR count). The van der Waals surface area contributed by atoms with Gasteiger partial charge in [0.1, 0.15) is 0 Å². The van der Waals surface area contributed by atoms with Gasteiger partial charge in [0.2, 0.25) is 5.89 Å². The Balaban J connectivity index is 1.72. The summed E-state index contributed by atoms with van der Waals surface area (Å²) in [6.45, 7) is 3.31. The lowest BCUT2D eigenvalue weighted by Gasteiger charge is -2.10. The van der Waals surface area contributed by atoms with Gasteiger partial charge in [0, 0.05) is 17.5 Å². The first-order valence-electron chi connectivity index (χ1n) is 8.54. The van der Waals surface area contributed by atoms with Crippen LogP contribution in [-0.2, 0) is 15.6 Å². The lowest BCUT2D eigenvalue weighted by molar-refractivity contribution is 0.102. The number of benzene rings is 2. The lowest BCUT2D eigenvalue weighted by atomic mass is 10.2. The van der Waals surface area contributed by atoms with Gasteiger partial charge in [-0.15, -0.1) is 11.8 Å². The Morgan fingerprint density at radius 3 is 2.50 bits per heavy atom. The fourth-order valence-electron chi connectivity index (χ4n) is 2.43. The van der Waals surface area contributed by atoms with E-state index in [-0.39, 0.29) is 16.6 Å². The standard InChI is InChI=1S/C19H19N3O4S2/c1-3-28(24,25)15-10-8-14(9-11-15)21-19(23)16-6-4-5-7-17(16)27-12-18-20-13(2)26-22-18/h4-11H,3,12H2,1-2H3,(H,21,23). The van der Waals surface area contributed by atoms with E-state index in [2.05, 4.69) is 15.5 Å². The van der Waals surface area contributed by atoms with Gasteiger partial charge in [-0.2, -0.15) is 4.98 Å². The molecule has 3 aromatic rings. The fourth-order valence-corrected chi connectivity index (χ4v) is 4.21. The van der Waals surface area contributed by atoms with Crippen LogP contribution < -0.4 is 5.32 Å². The first-order chi connectivity index (χ1) is 13.4. The molecule has 0 spiro atoms. The third kappa shape index (κ3) is 4.79. The Hall–Kier alpha value is -2.65. The summed E-state index contributed by atoms with van der Waals surface area (Å²) in [6.07, 6.45) is 0. The van der Waals surface area contributed by atoms with Crippen LogP contribution in [0, 0.1) is 6.92 Å². The van der Waals surface area contributed by atoms with Gasteiger partial charge >= 0.3 is 0 Å². The zero-order valence-electron chi connectivity index (χ0n) is 15.4. The van der Waals surface area contributed by atoms with E-state index >= 15 is 0 Å². The molecule has 1 aromatic heterocycles. The van der Waals surface area contributed by atoms with Crippen LogP contribution in [0.1, 0.15) is 29.0 Å². The van der Waals surface area contributed by atoms with Gasteiger partial charge < -0.3 is 9.84 Å². The topological polar surface area (TPSA) is 102 Å². The molecule has 0 aliphatic heterocycles. The highest BCUT2D eigenvalue weighted by Crippen LogP contribution is 2.26. The number of carbonyl (C=O) groups is 1. The second kappa shape index (κ2) is 8.57. The summed E-state index contributed by atoms with van der Waals surface area (Å²) in [4.78, 5) is 17.9. The molecule has 0 atom stereocenters. The first kappa shape index (κ1) is 20.1. The summed E-state index contributed by atoms with van der Waals surface area (Å²) >= 11 is 1.44. The van der Waals surface area contributed by atoms with Gasteiger partial charge in [-0.25, -0.2) is 8.42 Å². The number of nitrogens with one attached hydrogen (secondary N) is 1. The third-order valence-corrected chi connectivity index (χ3v) is 6.73. The Labute approximate surface area is 167 Å². The minimum atomic E-state index is -3.27. The zero-order valence-corrected chi connectivity index (χ0v) is 17.0. The van der Waals surface area contributed by atoms with Crippen LogP contribution in [-0.4, -0.2) is 30.2 Å². The molecule has 0 bridgehead atoms. The highest BCUT2D eigenvalue weighted by molar-refractivity contribution is 7.98. The number of hydrogen-bond donors (Lipinski definition) is 1. The van der Waals surface area contributed by atoms with Crippen LogP contribution in [0.15, 0.2) is 62.8 Å². The van der Waals surface area contributed by atoms with Crippen LogP contribution in [0.4, 0.5) is 5.69 Å². The summed E-state index contributed by atoms with van der Waals surface area (Å²) in [6, 6.07) is 13.4. The number of sulfone groups is 1. The first-order valence-corrected chi connectivity index (χ1v) is 11.2. The van der Waals surface area contributed by atoms with Gasteiger partial charge in [-0.05, 0) is 36.4 Å². The van der Waals surface area contributed by atoms with Crippen LogP contribution in [0.3, 0.4) is 0 Å². The van der Waals surface area contributed by atoms with Gasteiger partial charge in [0.05, 0.1) is 22.0 Å². The van der Waals surface area contributed by atoms with Crippen molar-refractivity contribution in [3.8, 4) is 0 Å². The summed E-state index contributed by atoms with van der Waals surface area (Å²) in [5.41, 5.74) is 1.03. The molecule has 7 nitrogen and oxygen atoms in total. The number of rotatable bonds is 7. The normalized spacial score (nSPS) is 11.4. The van der Waals surface area contributed by atoms with Crippen molar-refractivity contribution in [2.45, 2.75) is 29.4 Å². The quantitative estimate of drug-likeness (QED) is 0.585. The van der Waals surface area contributed by atoms with Crippen molar-refractivity contribution in [1.29, 1.82) is 0 Å². The van der Waals surface area contributed by atoms with Crippen molar-refractivity contribution >= 4 is 33.2 Å². The van der Waals surface area contributed by atoms with E-state index in [9.17, 15) is 13.2 Å². The van der Waals surface area contributed by atoms with Gasteiger partial charge in [0.25, 0.3) is 5.91 Å². The van der Waals surface area contributed by atoms with Crippen molar-refractivity contribution < 1.29 is 17.7 Å². The van der Waals surface area contributed by atoms with Crippen molar-refractivity contribution in [3.63, 3.8) is 0 Å². The zero-order chi connectivity index (χ0) is 20.1. The Morgan fingerprint density at radius 2 is 1.86 bits per heavy atom. The molecular weight excluding hydrogens is 398 g/mol. The Kier molecular flexibility index (Phi) is 6.15. The van der Waals surface area contributed by atoms with Gasteiger partial charge in [-0.1, -0.05) is 24.2 Å². The van der Waals surface area contributed by atoms with E-state index in [1.807, 2.05) is 12.1 Å². The fraction of sp³-hybridized carbons (Fsp3) is 0.211.